The van der Waals surface area contributed by atoms with E-state index >= 15 is 0 Å². The van der Waals surface area contributed by atoms with Crippen molar-refractivity contribution in [3.63, 3.8) is 0 Å². The van der Waals surface area contributed by atoms with Crippen LogP contribution >= 0.6 is 23.1 Å². The number of fused-ring (bicyclic) bond motifs is 1. The Bertz CT molecular complexity index is 1150. The maximum Gasteiger partial charge on any atom is 0.356 e. The average Bonchev–Trinajstić information content (AvgIpc) is 3.25. The predicted octanol–water partition coefficient (Wildman–Crippen LogP) is 0.384. The lowest BCUT2D eigenvalue weighted by Crippen LogP contribution is -2.71. The van der Waals surface area contributed by atoms with Crippen LogP contribution in [0, 0.1) is 0 Å². The molecule has 2 aromatic heterocycles. The Hall–Kier alpha value is -3.65. The number of hydrogen-bond donors (Lipinski definition) is 3. The number of nitrogens with one attached hydrogen (secondary N) is 1. The minimum Gasteiger partial charge on any atom is -0.490 e. The number of thiazole rings is 1. The maximum absolute atomic E-state index is 12.8. The van der Waals surface area contributed by atoms with E-state index in [1.54, 1.807) is 24.5 Å². The third-order valence-corrected chi connectivity index (χ3v) is 6.67. The number of rotatable bonds is 8. The topological polar surface area (TPSA) is 169 Å². The van der Waals surface area contributed by atoms with Crippen LogP contribution in [0.5, 0.6) is 0 Å². The van der Waals surface area contributed by atoms with Crippen molar-refractivity contribution in [2.75, 3.05) is 18.6 Å². The second-order valence-corrected chi connectivity index (χ2v) is 8.77. The Morgan fingerprint density at radius 3 is 2.79 bits per heavy atom. The van der Waals surface area contributed by atoms with Crippen LogP contribution in [0.4, 0.5) is 5.13 Å². The molecule has 0 unspecified atom stereocenters. The van der Waals surface area contributed by atoms with Gasteiger partial charge in [-0.15, -0.1) is 23.1 Å². The zero-order valence-electron chi connectivity index (χ0n) is 17.1. The fraction of sp³-hybridized carbons (Fsp3) is 0.263. The van der Waals surface area contributed by atoms with E-state index in [9.17, 15) is 19.5 Å². The molecule has 4 rings (SSSR count). The van der Waals surface area contributed by atoms with E-state index in [1.807, 2.05) is 0 Å². The molecule has 2 amide bonds. The maximum atomic E-state index is 12.8. The van der Waals surface area contributed by atoms with E-state index in [0.29, 0.717) is 0 Å². The first-order valence-electron chi connectivity index (χ1n) is 9.47. The first kappa shape index (κ1) is 22.5. The number of nitrogens with two attached hydrogens (primary N) is 1. The molecule has 1 fully saturated rings. The van der Waals surface area contributed by atoms with Gasteiger partial charge in [0.05, 0.1) is 5.75 Å². The lowest BCUT2D eigenvalue weighted by molar-refractivity contribution is -0.150. The molecule has 0 aliphatic carbocycles. The van der Waals surface area contributed by atoms with Crippen LogP contribution in [0.3, 0.4) is 0 Å². The number of anilines is 1. The third-order valence-electron chi connectivity index (χ3n) is 4.75. The van der Waals surface area contributed by atoms with Gasteiger partial charge in [-0.2, -0.15) is 0 Å². The van der Waals surface area contributed by atoms with Gasteiger partial charge in [-0.25, -0.2) is 9.78 Å². The lowest BCUT2D eigenvalue weighted by atomic mass is 10.0. The molecule has 1 saturated heterocycles. The first-order chi connectivity index (χ1) is 15.9. The van der Waals surface area contributed by atoms with Crippen molar-refractivity contribution < 1.29 is 29.1 Å². The van der Waals surface area contributed by atoms with Gasteiger partial charge in [0.15, 0.2) is 16.5 Å². The fourth-order valence-corrected chi connectivity index (χ4v) is 5.08. The molecular weight excluding hydrogens is 472 g/mol. The van der Waals surface area contributed by atoms with Crippen molar-refractivity contribution in [3.05, 3.63) is 52.6 Å². The minimum absolute atomic E-state index is 0.135. The number of hydrogen-bond acceptors (Lipinski definition) is 11. The van der Waals surface area contributed by atoms with E-state index in [1.165, 1.54) is 24.3 Å². The van der Waals surface area contributed by atoms with Gasteiger partial charge in [0.25, 0.3) is 11.8 Å². The van der Waals surface area contributed by atoms with Crippen LogP contribution in [0.25, 0.3) is 0 Å². The molecule has 2 aromatic rings. The second-order valence-electron chi connectivity index (χ2n) is 6.78. The van der Waals surface area contributed by atoms with Gasteiger partial charge in [0.1, 0.15) is 36.6 Å². The molecule has 4 heterocycles. The largest absolute Gasteiger partial charge is 0.490 e. The lowest BCUT2D eigenvalue weighted by Gasteiger charge is -2.48. The SMILES string of the molecule is CON=C(C(=O)N[C@@H]1C(=O)N2C(C(=O)O)=C(OCc3ccncc3)CS[C@@H]12)c1csc(N)n1. The van der Waals surface area contributed by atoms with E-state index in [0.717, 1.165) is 21.8 Å². The number of aliphatic carboxylic acids is 1. The number of aromatic nitrogens is 2. The number of carbonyl (C=O) groups is 3. The Morgan fingerprint density at radius 1 is 1.39 bits per heavy atom. The minimum atomic E-state index is -1.29. The van der Waals surface area contributed by atoms with E-state index in [4.69, 9.17) is 15.3 Å². The number of carbonyl (C=O) groups excluding carboxylic acids is 2. The molecule has 0 radical (unpaired) electrons. The number of amides is 2. The number of ether oxygens (including phenoxy) is 1. The second kappa shape index (κ2) is 9.46. The van der Waals surface area contributed by atoms with Crippen LogP contribution in [0.15, 0.2) is 46.5 Å². The number of oxime groups is 1. The van der Waals surface area contributed by atoms with Gasteiger partial charge in [-0.1, -0.05) is 5.16 Å². The number of nitrogen functional groups attached to an aromatic ring is 1. The van der Waals surface area contributed by atoms with Crippen LogP contribution in [-0.2, 0) is 30.6 Å². The quantitative estimate of drug-likeness (QED) is 0.267. The molecule has 2 aliphatic rings. The number of β-lactam (4-membered cyclic amide) rings is 1. The normalized spacial score (nSPS) is 20.1. The molecule has 0 bridgehead atoms. The van der Waals surface area contributed by atoms with Crippen molar-refractivity contribution in [3.8, 4) is 0 Å². The molecule has 12 nitrogen and oxygen atoms in total. The van der Waals surface area contributed by atoms with Gasteiger partial charge in [0.2, 0.25) is 0 Å². The number of thioether (sulfide) groups is 1. The van der Waals surface area contributed by atoms with Gasteiger partial charge < -0.3 is 25.7 Å². The standard InChI is InChI=1S/C19H18N6O6S2/c1-30-24-12(10-7-33-19(20)22-10)15(26)23-13-16(27)25-14(18(28)29)11(8-32-17(13)25)31-6-9-2-4-21-5-3-9/h2-5,7,13,17H,6,8H2,1H3,(H2,20,22)(H,23,26)(H,28,29)/t13-,17+/m1/s1. The van der Waals surface area contributed by atoms with E-state index in [2.05, 4.69) is 20.4 Å². The highest BCUT2D eigenvalue weighted by Crippen LogP contribution is 2.40. The highest BCUT2D eigenvalue weighted by molar-refractivity contribution is 8.00. The van der Waals surface area contributed by atoms with E-state index < -0.39 is 29.2 Å². The van der Waals surface area contributed by atoms with Crippen molar-refractivity contribution in [1.29, 1.82) is 0 Å². The van der Waals surface area contributed by atoms with Crippen molar-refractivity contribution in [1.82, 2.24) is 20.2 Å². The summed E-state index contributed by atoms with van der Waals surface area (Å²) in [6.07, 6.45) is 3.20. The molecule has 2 atom stereocenters. The summed E-state index contributed by atoms with van der Waals surface area (Å²) in [7, 11) is 1.27. The monoisotopic (exact) mass is 490 g/mol. The zero-order chi connectivity index (χ0) is 23.5. The molecular formula is C19H18N6O6S2. The molecule has 2 aliphatic heterocycles. The number of carboxylic acids is 1. The van der Waals surface area contributed by atoms with Gasteiger partial charge in [-0.05, 0) is 17.7 Å². The number of carboxylic acid groups (broad SMARTS) is 1. The first-order valence-corrected chi connectivity index (χ1v) is 11.4. The molecule has 33 heavy (non-hydrogen) atoms. The smallest absolute Gasteiger partial charge is 0.356 e. The molecule has 0 spiro atoms. The summed E-state index contributed by atoms with van der Waals surface area (Å²) in [5, 5.41) is 17.2. The Balaban J connectivity index is 1.49. The highest BCUT2D eigenvalue weighted by Gasteiger charge is 2.55. The Kier molecular flexibility index (Phi) is 6.46. The zero-order valence-corrected chi connectivity index (χ0v) is 18.8. The summed E-state index contributed by atoms with van der Waals surface area (Å²) in [5.41, 5.74) is 6.25. The number of pyridine rings is 1. The van der Waals surface area contributed by atoms with Gasteiger partial charge >= 0.3 is 5.97 Å². The molecule has 4 N–H and O–H groups in total. The number of nitrogens with zero attached hydrogens (tertiary/aromatic N) is 4. The van der Waals surface area contributed by atoms with Gasteiger partial charge in [-0.3, -0.25) is 19.5 Å². The molecule has 0 aromatic carbocycles. The predicted molar refractivity (Wildman–Crippen MR) is 119 cm³/mol. The molecule has 0 saturated carbocycles. The summed E-state index contributed by atoms with van der Waals surface area (Å²) < 4.78 is 5.70. The van der Waals surface area contributed by atoms with Crippen molar-refractivity contribution in [2.24, 2.45) is 5.16 Å². The fourth-order valence-electron chi connectivity index (χ4n) is 3.25. The molecule has 14 heteroatoms. The van der Waals surface area contributed by atoms with Crippen LogP contribution in [0.1, 0.15) is 11.3 Å². The van der Waals surface area contributed by atoms with Crippen molar-refractivity contribution in [2.45, 2.75) is 18.0 Å². The highest BCUT2D eigenvalue weighted by atomic mass is 32.2. The van der Waals surface area contributed by atoms with Crippen LogP contribution < -0.4 is 11.1 Å². The van der Waals surface area contributed by atoms with Gasteiger partial charge in [0, 0.05) is 17.8 Å². The summed E-state index contributed by atoms with van der Waals surface area (Å²) in [6, 6.07) is 2.54. The third kappa shape index (κ3) is 4.47. The van der Waals surface area contributed by atoms with Crippen LogP contribution in [-0.4, -0.2) is 67.7 Å². The summed E-state index contributed by atoms with van der Waals surface area (Å²) in [5.74, 6) is -2.16. The summed E-state index contributed by atoms with van der Waals surface area (Å²) >= 11 is 2.41. The summed E-state index contributed by atoms with van der Waals surface area (Å²) in [6.45, 7) is 0.135. The summed E-state index contributed by atoms with van der Waals surface area (Å²) in [4.78, 5) is 51.3. The van der Waals surface area contributed by atoms with E-state index in [-0.39, 0.29) is 40.4 Å². The molecule has 172 valence electrons. The average molecular weight is 491 g/mol. The Morgan fingerprint density at radius 2 is 2.15 bits per heavy atom. The Labute approximate surface area is 195 Å². The van der Waals surface area contributed by atoms with Crippen LogP contribution in [0.2, 0.25) is 0 Å². The van der Waals surface area contributed by atoms with Crippen molar-refractivity contribution >= 4 is 51.7 Å².